The Balaban J connectivity index is 1.59. The Morgan fingerprint density at radius 2 is 1.76 bits per heavy atom. The number of H-pyrrole nitrogens is 1. The summed E-state index contributed by atoms with van der Waals surface area (Å²) in [5.41, 5.74) is 8.73. The van der Waals surface area contributed by atoms with Crippen LogP contribution in [0.1, 0.15) is 32.1 Å². The number of esters is 1. The molecule has 4 N–H and O–H groups in total. The van der Waals surface area contributed by atoms with Crippen LogP contribution in [-0.4, -0.2) is 34.4 Å². The Hall–Kier alpha value is -3.94. The predicted octanol–water partition coefficient (Wildman–Crippen LogP) is 2.59. The molecule has 0 saturated heterocycles. The standard InChI is InChI=1S/C21H20N4O4/c1-12-13(2)24-20(23-12)14-7-9-15(10-8-14)21(28)29-11-18(26)25-17-6-4-3-5-16(17)19(22)27/h3-10H,11H2,1-2H3,(H2,22,27)(H,23,24)(H,25,26). The Bertz CT molecular complexity index is 1050. The number of anilines is 1. The van der Waals surface area contributed by atoms with Crippen LogP contribution < -0.4 is 11.1 Å². The van der Waals surface area contributed by atoms with Gasteiger partial charge in [-0.25, -0.2) is 9.78 Å². The smallest absolute Gasteiger partial charge is 0.338 e. The van der Waals surface area contributed by atoms with Gasteiger partial charge in [-0.15, -0.1) is 0 Å². The van der Waals surface area contributed by atoms with Gasteiger partial charge in [0.2, 0.25) is 0 Å². The van der Waals surface area contributed by atoms with Crippen molar-refractivity contribution in [3.8, 4) is 11.4 Å². The van der Waals surface area contributed by atoms with E-state index in [-0.39, 0.29) is 11.3 Å². The normalized spacial score (nSPS) is 10.4. The van der Waals surface area contributed by atoms with Crippen LogP contribution in [0.15, 0.2) is 48.5 Å². The average Bonchev–Trinajstić information content (AvgIpc) is 3.05. The van der Waals surface area contributed by atoms with Crippen LogP contribution in [0.3, 0.4) is 0 Å². The van der Waals surface area contributed by atoms with E-state index < -0.39 is 24.4 Å². The maximum absolute atomic E-state index is 12.2. The van der Waals surface area contributed by atoms with Gasteiger partial charge in [-0.3, -0.25) is 9.59 Å². The molecule has 0 saturated carbocycles. The topological polar surface area (TPSA) is 127 Å². The molecule has 0 fully saturated rings. The first-order valence-corrected chi connectivity index (χ1v) is 8.84. The zero-order valence-electron chi connectivity index (χ0n) is 16.0. The van der Waals surface area contributed by atoms with Crippen molar-refractivity contribution in [3.05, 3.63) is 71.0 Å². The number of benzene rings is 2. The van der Waals surface area contributed by atoms with Gasteiger partial charge in [0.1, 0.15) is 5.82 Å². The third-order valence-corrected chi connectivity index (χ3v) is 4.32. The largest absolute Gasteiger partial charge is 0.452 e. The monoisotopic (exact) mass is 392 g/mol. The van der Waals surface area contributed by atoms with E-state index in [1.807, 2.05) is 13.8 Å². The quantitative estimate of drug-likeness (QED) is 0.556. The highest BCUT2D eigenvalue weighted by atomic mass is 16.5. The number of carbonyl (C=O) groups excluding carboxylic acids is 3. The van der Waals surface area contributed by atoms with Crippen LogP contribution in [-0.2, 0) is 9.53 Å². The number of amides is 2. The van der Waals surface area contributed by atoms with Gasteiger partial charge in [-0.2, -0.15) is 0 Å². The minimum atomic E-state index is -0.667. The lowest BCUT2D eigenvalue weighted by Crippen LogP contribution is -2.23. The van der Waals surface area contributed by atoms with Crippen LogP contribution in [0, 0.1) is 13.8 Å². The second-order valence-electron chi connectivity index (χ2n) is 6.41. The van der Waals surface area contributed by atoms with E-state index in [9.17, 15) is 14.4 Å². The number of hydrogen-bond acceptors (Lipinski definition) is 5. The summed E-state index contributed by atoms with van der Waals surface area (Å²) in [7, 11) is 0. The van der Waals surface area contributed by atoms with Crippen molar-refractivity contribution in [2.24, 2.45) is 5.73 Å². The number of nitrogens with two attached hydrogens (primary N) is 1. The molecule has 0 bridgehead atoms. The molecule has 3 aromatic rings. The van der Waals surface area contributed by atoms with Gasteiger partial charge in [-0.1, -0.05) is 24.3 Å². The summed E-state index contributed by atoms with van der Waals surface area (Å²) >= 11 is 0. The number of para-hydroxylation sites is 1. The third-order valence-electron chi connectivity index (χ3n) is 4.32. The summed E-state index contributed by atoms with van der Waals surface area (Å²) in [6.07, 6.45) is 0. The van der Waals surface area contributed by atoms with Gasteiger partial charge < -0.3 is 20.8 Å². The minimum absolute atomic E-state index is 0.172. The number of imidazole rings is 1. The van der Waals surface area contributed by atoms with E-state index >= 15 is 0 Å². The zero-order chi connectivity index (χ0) is 21.0. The first-order valence-electron chi connectivity index (χ1n) is 8.84. The molecule has 0 radical (unpaired) electrons. The van der Waals surface area contributed by atoms with E-state index in [1.54, 1.807) is 36.4 Å². The molecule has 2 amide bonds. The Morgan fingerprint density at radius 3 is 2.38 bits per heavy atom. The van der Waals surface area contributed by atoms with Gasteiger partial charge in [0.15, 0.2) is 6.61 Å². The number of nitrogens with zero attached hydrogens (tertiary/aromatic N) is 1. The van der Waals surface area contributed by atoms with Gasteiger partial charge in [0.25, 0.3) is 11.8 Å². The van der Waals surface area contributed by atoms with Crippen LogP contribution in [0.5, 0.6) is 0 Å². The van der Waals surface area contributed by atoms with Crippen molar-refractivity contribution in [3.63, 3.8) is 0 Å². The molecule has 0 aliphatic rings. The Labute approximate surface area is 167 Å². The predicted molar refractivity (Wildman–Crippen MR) is 107 cm³/mol. The molecule has 29 heavy (non-hydrogen) atoms. The number of rotatable bonds is 6. The van der Waals surface area contributed by atoms with E-state index in [1.165, 1.54) is 12.1 Å². The fourth-order valence-corrected chi connectivity index (χ4v) is 2.66. The molecular weight excluding hydrogens is 372 g/mol. The molecule has 8 heteroatoms. The van der Waals surface area contributed by atoms with Gasteiger partial charge in [-0.05, 0) is 38.1 Å². The number of nitrogens with one attached hydrogen (secondary N) is 2. The van der Waals surface area contributed by atoms with E-state index in [2.05, 4.69) is 15.3 Å². The summed E-state index contributed by atoms with van der Waals surface area (Å²) < 4.78 is 5.04. The van der Waals surface area contributed by atoms with Crippen molar-refractivity contribution in [1.29, 1.82) is 0 Å². The van der Waals surface area contributed by atoms with E-state index in [0.29, 0.717) is 11.4 Å². The highest BCUT2D eigenvalue weighted by Crippen LogP contribution is 2.19. The lowest BCUT2D eigenvalue weighted by Gasteiger charge is -2.09. The second-order valence-corrected chi connectivity index (χ2v) is 6.41. The van der Waals surface area contributed by atoms with Crippen molar-refractivity contribution in [2.45, 2.75) is 13.8 Å². The van der Waals surface area contributed by atoms with Crippen LogP contribution >= 0.6 is 0 Å². The van der Waals surface area contributed by atoms with Crippen molar-refractivity contribution in [1.82, 2.24) is 9.97 Å². The summed E-state index contributed by atoms with van der Waals surface area (Å²) in [6.45, 7) is 3.35. The summed E-state index contributed by atoms with van der Waals surface area (Å²) in [5, 5.41) is 2.51. The van der Waals surface area contributed by atoms with Crippen molar-refractivity contribution >= 4 is 23.5 Å². The number of primary amides is 1. The zero-order valence-corrected chi connectivity index (χ0v) is 16.0. The average molecular weight is 392 g/mol. The highest BCUT2D eigenvalue weighted by molar-refractivity contribution is 6.03. The van der Waals surface area contributed by atoms with Gasteiger partial charge >= 0.3 is 5.97 Å². The molecule has 1 heterocycles. The fourth-order valence-electron chi connectivity index (χ4n) is 2.66. The highest BCUT2D eigenvalue weighted by Gasteiger charge is 2.14. The molecule has 3 rings (SSSR count). The number of aryl methyl sites for hydroxylation is 2. The van der Waals surface area contributed by atoms with E-state index in [0.717, 1.165) is 17.0 Å². The molecule has 1 aromatic heterocycles. The molecule has 0 spiro atoms. The molecular formula is C21H20N4O4. The molecule has 2 aromatic carbocycles. The van der Waals surface area contributed by atoms with Crippen LogP contribution in [0.4, 0.5) is 5.69 Å². The summed E-state index contributed by atoms with van der Waals surface area (Å²) in [6, 6.07) is 13.0. The number of aromatic amines is 1. The number of hydrogen-bond donors (Lipinski definition) is 3. The SMILES string of the molecule is Cc1nc(-c2ccc(C(=O)OCC(=O)Nc3ccccc3C(N)=O)cc2)[nH]c1C. The fraction of sp³-hybridized carbons (Fsp3) is 0.143. The Kier molecular flexibility index (Phi) is 5.73. The van der Waals surface area contributed by atoms with Gasteiger partial charge in [0.05, 0.1) is 22.5 Å². The molecule has 0 unspecified atom stereocenters. The minimum Gasteiger partial charge on any atom is -0.452 e. The van der Waals surface area contributed by atoms with E-state index in [4.69, 9.17) is 10.5 Å². The molecule has 0 atom stereocenters. The van der Waals surface area contributed by atoms with Crippen LogP contribution in [0.2, 0.25) is 0 Å². The summed E-state index contributed by atoms with van der Waals surface area (Å²) in [5.74, 6) is -1.17. The molecule has 8 nitrogen and oxygen atoms in total. The maximum atomic E-state index is 12.2. The molecule has 0 aliphatic carbocycles. The third kappa shape index (κ3) is 4.67. The maximum Gasteiger partial charge on any atom is 0.338 e. The first kappa shape index (κ1) is 19.8. The van der Waals surface area contributed by atoms with Crippen LogP contribution in [0.25, 0.3) is 11.4 Å². The Morgan fingerprint density at radius 1 is 1.07 bits per heavy atom. The lowest BCUT2D eigenvalue weighted by molar-refractivity contribution is -0.119. The number of aromatic nitrogens is 2. The van der Waals surface area contributed by atoms with Crippen molar-refractivity contribution < 1.29 is 19.1 Å². The summed E-state index contributed by atoms with van der Waals surface area (Å²) in [4.78, 5) is 43.2. The number of ether oxygens (including phenoxy) is 1. The second kappa shape index (κ2) is 8.39. The van der Waals surface area contributed by atoms with Crippen molar-refractivity contribution in [2.75, 3.05) is 11.9 Å². The van der Waals surface area contributed by atoms with Gasteiger partial charge in [0, 0.05) is 11.3 Å². The molecule has 148 valence electrons. The lowest BCUT2D eigenvalue weighted by atomic mass is 10.1. The number of carbonyl (C=O) groups is 3. The molecule has 0 aliphatic heterocycles. The first-order chi connectivity index (χ1) is 13.8.